The summed E-state index contributed by atoms with van der Waals surface area (Å²) in [4.78, 5) is 8.20. The van der Waals surface area contributed by atoms with Crippen LogP contribution in [0.4, 0.5) is 29.3 Å². The first-order chi connectivity index (χ1) is 13.9. The van der Waals surface area contributed by atoms with Gasteiger partial charge in [0, 0.05) is 18.3 Å². The second-order valence-electron chi connectivity index (χ2n) is 5.97. The van der Waals surface area contributed by atoms with Crippen LogP contribution in [0.3, 0.4) is 0 Å². The molecule has 1 heterocycles. The maximum Gasteiger partial charge on any atom is 0.416 e. The predicted molar refractivity (Wildman–Crippen MR) is 101 cm³/mol. The Morgan fingerprint density at radius 1 is 0.931 bits per heavy atom. The van der Waals surface area contributed by atoms with Gasteiger partial charge in [-0.25, -0.2) is 9.37 Å². The van der Waals surface area contributed by atoms with Crippen molar-refractivity contribution in [2.24, 2.45) is 0 Å². The molecule has 0 fully saturated rings. The van der Waals surface area contributed by atoms with Crippen molar-refractivity contribution >= 4 is 11.8 Å². The first-order valence-electron chi connectivity index (χ1n) is 8.77. The van der Waals surface area contributed by atoms with Gasteiger partial charge in [0.05, 0.1) is 12.1 Å². The van der Waals surface area contributed by atoms with Crippen LogP contribution in [0.25, 0.3) is 0 Å². The summed E-state index contributed by atoms with van der Waals surface area (Å²) in [7, 11) is 0. The van der Waals surface area contributed by atoms with Crippen LogP contribution in [-0.2, 0) is 12.7 Å². The van der Waals surface area contributed by atoms with Gasteiger partial charge in [0.25, 0.3) is 0 Å². The summed E-state index contributed by atoms with van der Waals surface area (Å²) in [6.07, 6.45) is -3.20. The summed E-state index contributed by atoms with van der Waals surface area (Å²) < 4.78 is 58.7. The number of aromatic nitrogens is 2. The van der Waals surface area contributed by atoms with E-state index in [0.717, 1.165) is 23.9 Å². The number of hydrogen-bond acceptors (Lipinski definition) is 5. The molecule has 0 saturated heterocycles. The van der Waals surface area contributed by atoms with Gasteiger partial charge in [0.1, 0.15) is 24.0 Å². The fraction of sp³-hybridized carbons (Fsp3) is 0.200. The van der Waals surface area contributed by atoms with Crippen molar-refractivity contribution in [2.75, 3.05) is 23.8 Å². The van der Waals surface area contributed by atoms with Crippen LogP contribution >= 0.6 is 0 Å². The molecule has 0 aliphatic carbocycles. The molecule has 0 aliphatic rings. The molecule has 1 aromatic heterocycles. The van der Waals surface area contributed by atoms with Crippen molar-refractivity contribution < 1.29 is 22.3 Å². The SMILES string of the molecule is Fc1cccc(C(F)(F)F)c1CNc1ccnc(NCCOc2ccccc2)n1. The largest absolute Gasteiger partial charge is 0.492 e. The minimum absolute atomic E-state index is 0.267. The lowest BCUT2D eigenvalue weighted by Crippen LogP contribution is -2.15. The number of para-hydroxylation sites is 1. The standard InChI is InChI=1S/C20H18F4N4O/c21-17-8-4-7-16(20(22,23)24)15(17)13-27-18-9-10-25-19(28-18)26-11-12-29-14-5-2-1-3-6-14/h1-10H,11-13H2,(H2,25,26,27,28). The first-order valence-corrected chi connectivity index (χ1v) is 8.77. The average Bonchev–Trinajstić information content (AvgIpc) is 2.70. The second-order valence-corrected chi connectivity index (χ2v) is 5.97. The van der Waals surface area contributed by atoms with Crippen molar-refractivity contribution in [3.63, 3.8) is 0 Å². The van der Waals surface area contributed by atoms with Crippen LogP contribution in [-0.4, -0.2) is 23.1 Å². The molecule has 9 heteroatoms. The van der Waals surface area contributed by atoms with Crippen LogP contribution in [0.15, 0.2) is 60.8 Å². The van der Waals surface area contributed by atoms with Gasteiger partial charge in [-0.1, -0.05) is 24.3 Å². The van der Waals surface area contributed by atoms with Crippen molar-refractivity contribution in [3.05, 3.63) is 77.7 Å². The molecular formula is C20H18F4N4O. The molecule has 0 atom stereocenters. The molecule has 0 aliphatic heterocycles. The van der Waals surface area contributed by atoms with Gasteiger partial charge < -0.3 is 15.4 Å². The quantitative estimate of drug-likeness (QED) is 0.418. The number of ether oxygens (including phenoxy) is 1. The molecular weight excluding hydrogens is 388 g/mol. The summed E-state index contributed by atoms with van der Waals surface area (Å²) in [5.74, 6) is 0.341. The fourth-order valence-electron chi connectivity index (χ4n) is 2.57. The minimum atomic E-state index is -4.64. The Morgan fingerprint density at radius 3 is 2.48 bits per heavy atom. The topological polar surface area (TPSA) is 59.1 Å². The van der Waals surface area contributed by atoms with E-state index in [2.05, 4.69) is 20.6 Å². The van der Waals surface area contributed by atoms with E-state index in [-0.39, 0.29) is 18.3 Å². The zero-order chi connectivity index (χ0) is 20.7. The zero-order valence-electron chi connectivity index (χ0n) is 15.2. The van der Waals surface area contributed by atoms with Gasteiger partial charge in [0.15, 0.2) is 0 Å². The summed E-state index contributed by atoms with van der Waals surface area (Å²) in [5, 5.41) is 5.67. The monoisotopic (exact) mass is 406 g/mol. The zero-order valence-corrected chi connectivity index (χ0v) is 15.2. The molecule has 29 heavy (non-hydrogen) atoms. The summed E-state index contributed by atoms with van der Waals surface area (Å²) in [5.41, 5.74) is -1.49. The van der Waals surface area contributed by atoms with Gasteiger partial charge >= 0.3 is 6.18 Å². The third-order valence-corrected chi connectivity index (χ3v) is 3.92. The predicted octanol–water partition coefficient (Wildman–Crippen LogP) is 4.74. The Bertz CT molecular complexity index is 935. The second kappa shape index (κ2) is 9.22. The molecule has 152 valence electrons. The molecule has 2 N–H and O–H groups in total. The van der Waals surface area contributed by atoms with Crippen molar-refractivity contribution in [3.8, 4) is 5.75 Å². The van der Waals surface area contributed by atoms with E-state index < -0.39 is 23.1 Å². The van der Waals surface area contributed by atoms with E-state index in [1.807, 2.05) is 30.3 Å². The number of nitrogens with zero attached hydrogens (tertiary/aromatic N) is 2. The van der Waals surface area contributed by atoms with Gasteiger partial charge in [-0.05, 0) is 30.3 Å². The fourth-order valence-corrected chi connectivity index (χ4v) is 2.57. The number of nitrogens with one attached hydrogen (secondary N) is 2. The van der Waals surface area contributed by atoms with Crippen LogP contribution in [0.2, 0.25) is 0 Å². The normalized spacial score (nSPS) is 11.2. The molecule has 0 amide bonds. The smallest absolute Gasteiger partial charge is 0.416 e. The van der Waals surface area contributed by atoms with Crippen molar-refractivity contribution in [1.29, 1.82) is 0 Å². The Balaban J connectivity index is 1.57. The van der Waals surface area contributed by atoms with Crippen LogP contribution in [0.1, 0.15) is 11.1 Å². The number of benzene rings is 2. The van der Waals surface area contributed by atoms with E-state index in [1.165, 1.54) is 12.3 Å². The number of halogens is 4. The lowest BCUT2D eigenvalue weighted by Gasteiger charge is -2.14. The molecule has 0 saturated carbocycles. The summed E-state index contributed by atoms with van der Waals surface area (Å²) >= 11 is 0. The highest BCUT2D eigenvalue weighted by Gasteiger charge is 2.34. The van der Waals surface area contributed by atoms with Gasteiger partial charge in [-0.2, -0.15) is 18.2 Å². The number of anilines is 2. The Hall–Kier alpha value is -3.36. The van der Waals surface area contributed by atoms with Crippen LogP contribution < -0.4 is 15.4 Å². The molecule has 5 nitrogen and oxygen atoms in total. The molecule has 0 bridgehead atoms. The molecule has 0 radical (unpaired) electrons. The Labute approximate surface area is 164 Å². The highest BCUT2D eigenvalue weighted by Crippen LogP contribution is 2.33. The number of alkyl halides is 3. The van der Waals surface area contributed by atoms with E-state index in [0.29, 0.717) is 13.2 Å². The average molecular weight is 406 g/mol. The minimum Gasteiger partial charge on any atom is -0.492 e. The van der Waals surface area contributed by atoms with Gasteiger partial charge in [0.2, 0.25) is 5.95 Å². The van der Waals surface area contributed by atoms with Gasteiger partial charge in [-0.3, -0.25) is 0 Å². The third kappa shape index (κ3) is 5.81. The maximum atomic E-state index is 13.9. The molecule has 0 unspecified atom stereocenters. The number of rotatable bonds is 8. The maximum absolute atomic E-state index is 13.9. The molecule has 0 spiro atoms. The molecule has 3 aromatic rings. The Morgan fingerprint density at radius 2 is 1.72 bits per heavy atom. The lowest BCUT2D eigenvalue weighted by atomic mass is 10.1. The van der Waals surface area contributed by atoms with Crippen molar-refractivity contribution in [2.45, 2.75) is 12.7 Å². The number of hydrogen-bond donors (Lipinski definition) is 2. The highest BCUT2D eigenvalue weighted by molar-refractivity contribution is 5.42. The molecule has 2 aromatic carbocycles. The Kier molecular flexibility index (Phi) is 6.48. The van der Waals surface area contributed by atoms with Crippen molar-refractivity contribution in [1.82, 2.24) is 9.97 Å². The molecule has 3 rings (SSSR count). The van der Waals surface area contributed by atoms with Gasteiger partial charge in [-0.15, -0.1) is 0 Å². The van der Waals surface area contributed by atoms with E-state index >= 15 is 0 Å². The van der Waals surface area contributed by atoms with E-state index in [9.17, 15) is 17.6 Å². The summed E-state index contributed by atoms with van der Waals surface area (Å²) in [6.45, 7) is 0.425. The van der Waals surface area contributed by atoms with E-state index in [4.69, 9.17) is 4.74 Å². The van der Waals surface area contributed by atoms with E-state index in [1.54, 1.807) is 0 Å². The summed E-state index contributed by atoms with van der Waals surface area (Å²) in [6, 6.07) is 13.6. The highest BCUT2D eigenvalue weighted by atomic mass is 19.4. The lowest BCUT2D eigenvalue weighted by molar-refractivity contribution is -0.138. The van der Waals surface area contributed by atoms with Crippen LogP contribution in [0.5, 0.6) is 5.75 Å². The third-order valence-electron chi connectivity index (χ3n) is 3.92. The van der Waals surface area contributed by atoms with Crippen LogP contribution in [0, 0.1) is 5.82 Å². The first kappa shape index (κ1) is 20.4.